The van der Waals surface area contributed by atoms with E-state index in [9.17, 15) is 4.79 Å². The lowest BCUT2D eigenvalue weighted by molar-refractivity contribution is -0.116. The highest BCUT2D eigenvalue weighted by Gasteiger charge is 2.15. The molecule has 2 aromatic carbocycles. The number of hydrogen-bond donors (Lipinski definition) is 0. The van der Waals surface area contributed by atoms with Crippen molar-refractivity contribution in [1.82, 2.24) is 9.78 Å². The molecule has 0 aliphatic carbocycles. The van der Waals surface area contributed by atoms with Crippen LogP contribution in [0.4, 0.5) is 5.69 Å². The van der Waals surface area contributed by atoms with Crippen LogP contribution in [0.25, 0.3) is 11.3 Å². The molecule has 0 aliphatic rings. The van der Waals surface area contributed by atoms with Crippen LogP contribution in [-0.4, -0.2) is 21.6 Å². The van der Waals surface area contributed by atoms with Crippen LogP contribution in [0, 0.1) is 0 Å². The van der Waals surface area contributed by atoms with E-state index in [2.05, 4.69) is 5.10 Å². The Hall–Kier alpha value is -2.59. The van der Waals surface area contributed by atoms with Crippen LogP contribution in [0.15, 0.2) is 72.9 Å². The number of carbonyl (C=O) groups excluding carboxylic acids is 1. The summed E-state index contributed by atoms with van der Waals surface area (Å²) in [6.45, 7) is 0.322. The second-order valence-corrected chi connectivity index (χ2v) is 5.31. The first kappa shape index (κ1) is 15.3. The molecule has 0 N–H and O–H groups in total. The normalized spacial score (nSPS) is 10.5. The Morgan fingerprint density at radius 3 is 2.30 bits per heavy atom. The largest absolute Gasteiger partial charge is 0.291 e. The number of benzene rings is 2. The molecule has 0 saturated heterocycles. The lowest BCUT2D eigenvalue weighted by Crippen LogP contribution is -2.34. The van der Waals surface area contributed by atoms with Crippen LogP contribution in [0.3, 0.4) is 0 Å². The summed E-state index contributed by atoms with van der Waals surface area (Å²) in [4.78, 5) is 13.8. The molecule has 0 saturated carbocycles. The first-order valence-corrected chi connectivity index (χ1v) is 7.81. The number of anilines is 1. The molecule has 116 valence electrons. The van der Waals surface area contributed by atoms with Gasteiger partial charge in [-0.3, -0.25) is 14.4 Å². The SMILES string of the molecule is O=C(CCl)N(Cn1ccc(-c2ccccc2)n1)c1ccccc1. The zero-order valence-corrected chi connectivity index (χ0v) is 13.2. The van der Waals surface area contributed by atoms with Crippen molar-refractivity contribution in [3.63, 3.8) is 0 Å². The van der Waals surface area contributed by atoms with Gasteiger partial charge in [-0.1, -0.05) is 48.5 Å². The second kappa shape index (κ2) is 7.11. The summed E-state index contributed by atoms with van der Waals surface area (Å²) in [7, 11) is 0. The fourth-order valence-electron chi connectivity index (χ4n) is 2.33. The molecule has 3 rings (SSSR count). The van der Waals surface area contributed by atoms with Gasteiger partial charge in [0.1, 0.15) is 12.5 Å². The van der Waals surface area contributed by atoms with E-state index in [-0.39, 0.29) is 11.8 Å². The zero-order chi connectivity index (χ0) is 16.1. The number of aromatic nitrogens is 2. The van der Waals surface area contributed by atoms with E-state index in [1.54, 1.807) is 9.58 Å². The minimum absolute atomic E-state index is 0.0678. The maximum atomic E-state index is 12.1. The number of rotatable bonds is 5. The second-order valence-electron chi connectivity index (χ2n) is 5.04. The molecule has 0 aliphatic heterocycles. The molecule has 0 unspecified atom stereocenters. The molecule has 0 atom stereocenters. The average Bonchev–Trinajstić information content (AvgIpc) is 3.09. The van der Waals surface area contributed by atoms with Crippen LogP contribution in [0.1, 0.15) is 0 Å². The summed E-state index contributed by atoms with van der Waals surface area (Å²) in [6, 6.07) is 21.3. The van der Waals surface area contributed by atoms with E-state index < -0.39 is 0 Å². The van der Waals surface area contributed by atoms with Crippen molar-refractivity contribution in [3.05, 3.63) is 72.9 Å². The van der Waals surface area contributed by atoms with Gasteiger partial charge < -0.3 is 0 Å². The molecule has 1 heterocycles. The molecule has 4 nitrogen and oxygen atoms in total. The molecule has 0 radical (unpaired) electrons. The van der Waals surface area contributed by atoms with Crippen LogP contribution >= 0.6 is 11.6 Å². The maximum Gasteiger partial charge on any atom is 0.243 e. The van der Waals surface area contributed by atoms with Gasteiger partial charge in [-0.2, -0.15) is 5.10 Å². The van der Waals surface area contributed by atoms with Crippen molar-refractivity contribution in [1.29, 1.82) is 0 Å². The highest BCUT2D eigenvalue weighted by molar-refractivity contribution is 6.29. The number of alkyl halides is 1. The quantitative estimate of drug-likeness (QED) is 0.670. The van der Waals surface area contributed by atoms with Gasteiger partial charge in [0, 0.05) is 17.4 Å². The van der Waals surface area contributed by atoms with E-state index in [1.807, 2.05) is 72.9 Å². The number of nitrogens with zero attached hydrogens (tertiary/aromatic N) is 3. The Kier molecular flexibility index (Phi) is 4.74. The zero-order valence-electron chi connectivity index (χ0n) is 12.5. The van der Waals surface area contributed by atoms with E-state index in [1.165, 1.54) is 0 Å². The van der Waals surface area contributed by atoms with Gasteiger partial charge >= 0.3 is 0 Å². The summed E-state index contributed by atoms with van der Waals surface area (Å²) in [5, 5.41) is 4.54. The monoisotopic (exact) mass is 325 g/mol. The Morgan fingerprint density at radius 2 is 1.65 bits per heavy atom. The van der Waals surface area contributed by atoms with E-state index in [0.29, 0.717) is 6.67 Å². The number of hydrogen-bond acceptors (Lipinski definition) is 2. The lowest BCUT2D eigenvalue weighted by atomic mass is 10.2. The Labute approximate surface area is 139 Å². The topological polar surface area (TPSA) is 38.1 Å². The summed E-state index contributed by atoms with van der Waals surface area (Å²) in [5.41, 5.74) is 2.72. The smallest absolute Gasteiger partial charge is 0.243 e. The lowest BCUT2D eigenvalue weighted by Gasteiger charge is -2.21. The van der Waals surface area contributed by atoms with E-state index in [0.717, 1.165) is 16.9 Å². The summed E-state index contributed by atoms with van der Waals surface area (Å²) in [6.07, 6.45) is 1.86. The molecule has 0 spiro atoms. The van der Waals surface area contributed by atoms with E-state index >= 15 is 0 Å². The van der Waals surface area contributed by atoms with Crippen molar-refractivity contribution < 1.29 is 4.79 Å². The fraction of sp³-hybridized carbons (Fsp3) is 0.111. The Bertz CT molecular complexity index is 771. The predicted molar refractivity (Wildman–Crippen MR) is 92.3 cm³/mol. The third kappa shape index (κ3) is 3.60. The molecular weight excluding hydrogens is 310 g/mol. The van der Waals surface area contributed by atoms with Crippen molar-refractivity contribution in [2.75, 3.05) is 10.8 Å². The summed E-state index contributed by atoms with van der Waals surface area (Å²) >= 11 is 5.74. The van der Waals surface area contributed by atoms with Crippen LogP contribution in [0.5, 0.6) is 0 Å². The highest BCUT2D eigenvalue weighted by Crippen LogP contribution is 2.18. The number of amides is 1. The third-order valence-electron chi connectivity index (χ3n) is 3.48. The van der Waals surface area contributed by atoms with Crippen LogP contribution < -0.4 is 4.90 Å². The minimum Gasteiger partial charge on any atom is -0.291 e. The summed E-state index contributed by atoms with van der Waals surface area (Å²) in [5.74, 6) is -0.226. The fourth-order valence-corrected chi connectivity index (χ4v) is 2.48. The molecule has 0 bridgehead atoms. The maximum absolute atomic E-state index is 12.1. The molecular formula is C18H16ClN3O. The van der Waals surface area contributed by atoms with Gasteiger partial charge in [0.05, 0.1) is 5.69 Å². The number of carbonyl (C=O) groups is 1. The van der Waals surface area contributed by atoms with Crippen LogP contribution in [-0.2, 0) is 11.5 Å². The van der Waals surface area contributed by atoms with Gasteiger partial charge in [-0.15, -0.1) is 11.6 Å². The minimum atomic E-state index is -0.158. The van der Waals surface area contributed by atoms with Crippen LogP contribution in [0.2, 0.25) is 0 Å². The predicted octanol–water partition coefficient (Wildman–Crippen LogP) is 3.78. The molecule has 1 aromatic heterocycles. The highest BCUT2D eigenvalue weighted by atomic mass is 35.5. The third-order valence-corrected chi connectivity index (χ3v) is 3.71. The average molecular weight is 326 g/mol. The molecule has 3 aromatic rings. The van der Waals surface area contributed by atoms with Gasteiger partial charge in [0.25, 0.3) is 0 Å². The van der Waals surface area contributed by atoms with Crippen molar-refractivity contribution >= 4 is 23.2 Å². The van der Waals surface area contributed by atoms with Crippen molar-refractivity contribution in [2.24, 2.45) is 0 Å². The summed E-state index contributed by atoms with van der Waals surface area (Å²) < 4.78 is 1.74. The first-order chi connectivity index (χ1) is 11.3. The van der Waals surface area contributed by atoms with E-state index in [4.69, 9.17) is 11.6 Å². The van der Waals surface area contributed by atoms with Gasteiger partial charge in [0.15, 0.2) is 0 Å². The molecule has 0 fully saturated rings. The molecule has 5 heteroatoms. The Balaban J connectivity index is 1.84. The first-order valence-electron chi connectivity index (χ1n) is 7.28. The van der Waals surface area contributed by atoms with Crippen molar-refractivity contribution in [2.45, 2.75) is 6.67 Å². The number of halogens is 1. The van der Waals surface area contributed by atoms with Crippen molar-refractivity contribution in [3.8, 4) is 11.3 Å². The molecule has 1 amide bonds. The number of para-hydroxylation sites is 1. The van der Waals surface area contributed by atoms with Gasteiger partial charge in [-0.05, 0) is 18.2 Å². The van der Waals surface area contributed by atoms with Gasteiger partial charge in [0.2, 0.25) is 5.91 Å². The Morgan fingerprint density at radius 1 is 1.00 bits per heavy atom. The molecule has 23 heavy (non-hydrogen) atoms. The standard InChI is InChI=1S/C18H16ClN3O/c19-13-18(23)22(16-9-5-2-6-10-16)14-21-12-11-17(20-21)15-7-3-1-4-8-15/h1-12H,13-14H2. The van der Waals surface area contributed by atoms with Gasteiger partial charge in [-0.25, -0.2) is 0 Å².